The van der Waals surface area contributed by atoms with Gasteiger partial charge in [0.15, 0.2) is 11.5 Å². The summed E-state index contributed by atoms with van der Waals surface area (Å²) in [6.07, 6.45) is 1.58. The highest BCUT2D eigenvalue weighted by Crippen LogP contribution is 2.39. The van der Waals surface area contributed by atoms with Crippen molar-refractivity contribution in [3.05, 3.63) is 103 Å². The molecule has 2 amide bonds. The van der Waals surface area contributed by atoms with Crippen LogP contribution >= 0.6 is 46.0 Å². The molecule has 11 heteroatoms. The molecule has 1 aliphatic rings. The van der Waals surface area contributed by atoms with Crippen molar-refractivity contribution in [3.8, 4) is 11.5 Å². The van der Waals surface area contributed by atoms with Gasteiger partial charge in [-0.25, -0.2) is 0 Å². The predicted molar refractivity (Wildman–Crippen MR) is 160 cm³/mol. The number of benzene rings is 4. The van der Waals surface area contributed by atoms with E-state index in [0.717, 1.165) is 28.1 Å². The number of hydrogen-bond donors (Lipinski definition) is 0. The van der Waals surface area contributed by atoms with Gasteiger partial charge in [-0.05, 0) is 98.7 Å². The summed E-state index contributed by atoms with van der Waals surface area (Å²) in [7, 11) is -2.77. The molecule has 0 saturated carbocycles. The summed E-state index contributed by atoms with van der Waals surface area (Å²) < 4.78 is 36.9. The second-order valence-electron chi connectivity index (χ2n) is 8.43. The van der Waals surface area contributed by atoms with E-state index in [1.54, 1.807) is 18.2 Å². The fraction of sp³-hybridized carbons (Fsp3) is 0.0714. The van der Waals surface area contributed by atoms with E-state index in [-0.39, 0.29) is 33.1 Å². The Bertz CT molecular complexity index is 1750. The van der Waals surface area contributed by atoms with Crippen LogP contribution in [0.5, 0.6) is 11.5 Å². The average Bonchev–Trinajstić information content (AvgIpc) is 3.17. The normalized spacial score (nSPS) is 14.8. The first kappa shape index (κ1) is 27.5. The zero-order chi connectivity index (χ0) is 27.7. The lowest BCUT2D eigenvalue weighted by Gasteiger charge is -2.14. The number of methoxy groups -OCH3 is 1. The Morgan fingerprint density at radius 3 is 2.46 bits per heavy atom. The molecule has 1 heterocycles. The van der Waals surface area contributed by atoms with E-state index in [2.05, 4.69) is 0 Å². The van der Waals surface area contributed by atoms with Gasteiger partial charge in [0.25, 0.3) is 11.1 Å². The number of rotatable bonds is 7. The molecule has 4 aromatic rings. The molecular formula is C28H19ClINO6S2. The molecule has 0 bridgehead atoms. The molecule has 0 aliphatic carbocycles. The van der Waals surface area contributed by atoms with Crippen LogP contribution in [-0.4, -0.2) is 31.6 Å². The molecule has 1 aliphatic heterocycles. The SMILES string of the molecule is COc1cc(/C=C2\SC(=O)N(Cc3cccc4ccccc34)C2=O)cc(I)c1OS(=O)(=O)c1ccc(Cl)cc1. The van der Waals surface area contributed by atoms with Gasteiger partial charge in [0.2, 0.25) is 0 Å². The summed E-state index contributed by atoms with van der Waals surface area (Å²) in [5, 5.41) is 2.04. The van der Waals surface area contributed by atoms with Crippen molar-refractivity contribution in [2.24, 2.45) is 0 Å². The van der Waals surface area contributed by atoms with Crippen LogP contribution in [0.25, 0.3) is 16.8 Å². The molecule has 7 nitrogen and oxygen atoms in total. The Kier molecular flexibility index (Phi) is 7.90. The number of imide groups is 1. The lowest BCUT2D eigenvalue weighted by atomic mass is 10.0. The number of halogens is 2. The molecule has 198 valence electrons. The van der Waals surface area contributed by atoms with E-state index in [4.69, 9.17) is 20.5 Å². The summed E-state index contributed by atoms with van der Waals surface area (Å²) in [5.41, 5.74) is 1.42. The smallest absolute Gasteiger partial charge is 0.339 e. The van der Waals surface area contributed by atoms with E-state index in [9.17, 15) is 18.0 Å². The van der Waals surface area contributed by atoms with Crippen molar-refractivity contribution in [1.82, 2.24) is 4.90 Å². The Balaban J connectivity index is 1.41. The van der Waals surface area contributed by atoms with Gasteiger partial charge < -0.3 is 8.92 Å². The van der Waals surface area contributed by atoms with E-state index in [1.807, 2.05) is 65.1 Å². The molecule has 0 aromatic heterocycles. The number of fused-ring (bicyclic) bond motifs is 1. The van der Waals surface area contributed by atoms with Gasteiger partial charge in [0.1, 0.15) is 4.90 Å². The molecule has 4 aromatic carbocycles. The average molecular weight is 692 g/mol. The summed E-state index contributed by atoms with van der Waals surface area (Å²) in [4.78, 5) is 27.4. The van der Waals surface area contributed by atoms with Crippen molar-refractivity contribution in [2.75, 3.05) is 7.11 Å². The zero-order valence-corrected chi connectivity index (χ0v) is 24.8. The second-order valence-corrected chi connectivity index (χ2v) is 12.6. The molecule has 39 heavy (non-hydrogen) atoms. The second kappa shape index (κ2) is 11.2. The Morgan fingerprint density at radius 2 is 1.72 bits per heavy atom. The van der Waals surface area contributed by atoms with Crippen molar-refractivity contribution < 1.29 is 26.9 Å². The summed E-state index contributed by atoms with van der Waals surface area (Å²) >= 11 is 8.65. The standard InChI is InChI=1S/C28H19ClINO6S2/c1-36-24-14-17(13-23(30)26(24)37-39(34,35)21-11-9-20(29)10-12-21)15-25-27(32)31(28(33)38-25)16-19-7-4-6-18-5-2-3-8-22(18)19/h2-15H,16H2,1H3/b25-15-. The summed E-state index contributed by atoms with van der Waals surface area (Å²) in [6.45, 7) is 0.152. The number of hydrogen-bond acceptors (Lipinski definition) is 7. The predicted octanol–water partition coefficient (Wildman–Crippen LogP) is 7.11. The largest absolute Gasteiger partial charge is 0.493 e. The minimum absolute atomic E-state index is 0.00857. The number of carbonyl (C=O) groups excluding carboxylic acids is 2. The van der Waals surface area contributed by atoms with E-state index in [1.165, 1.54) is 36.3 Å². The first-order chi connectivity index (χ1) is 18.7. The maximum Gasteiger partial charge on any atom is 0.339 e. The molecule has 1 saturated heterocycles. The van der Waals surface area contributed by atoms with Crippen molar-refractivity contribution in [1.29, 1.82) is 0 Å². The molecule has 5 rings (SSSR count). The molecule has 0 spiro atoms. The highest BCUT2D eigenvalue weighted by Gasteiger charge is 2.35. The van der Waals surface area contributed by atoms with E-state index < -0.39 is 16.0 Å². The van der Waals surface area contributed by atoms with Crippen LogP contribution in [0, 0.1) is 3.57 Å². The number of amides is 2. The topological polar surface area (TPSA) is 90.0 Å². The van der Waals surface area contributed by atoms with Crippen molar-refractivity contribution in [2.45, 2.75) is 11.4 Å². The Hall–Kier alpha value is -3.06. The maximum atomic E-state index is 13.2. The van der Waals surface area contributed by atoms with Crippen molar-refractivity contribution >= 4 is 84.1 Å². The first-order valence-corrected chi connectivity index (χ1v) is 15.1. The minimum Gasteiger partial charge on any atom is -0.493 e. The quantitative estimate of drug-likeness (QED) is 0.116. The molecule has 0 unspecified atom stereocenters. The minimum atomic E-state index is -4.16. The number of nitrogens with zero attached hydrogens (tertiary/aromatic N) is 1. The van der Waals surface area contributed by atoms with Gasteiger partial charge in [-0.15, -0.1) is 0 Å². The van der Waals surface area contributed by atoms with E-state index >= 15 is 0 Å². The van der Waals surface area contributed by atoms with Gasteiger partial charge >= 0.3 is 10.1 Å². The highest BCUT2D eigenvalue weighted by atomic mass is 127. The van der Waals surface area contributed by atoms with Crippen LogP contribution in [0.3, 0.4) is 0 Å². The number of carbonyl (C=O) groups is 2. The van der Waals surface area contributed by atoms with Crippen LogP contribution < -0.4 is 8.92 Å². The molecule has 0 N–H and O–H groups in total. The van der Waals surface area contributed by atoms with E-state index in [0.29, 0.717) is 14.2 Å². The third-order valence-electron chi connectivity index (χ3n) is 5.93. The van der Waals surface area contributed by atoms with Crippen LogP contribution in [0.15, 0.2) is 88.7 Å². The fourth-order valence-corrected chi connectivity index (χ4v) is 6.86. The summed E-state index contributed by atoms with van der Waals surface area (Å²) in [6, 6.07) is 22.4. The third-order valence-corrected chi connectivity index (χ3v) is 9.12. The zero-order valence-electron chi connectivity index (χ0n) is 20.3. The van der Waals surface area contributed by atoms with Crippen LogP contribution in [0.4, 0.5) is 4.79 Å². The van der Waals surface area contributed by atoms with Gasteiger partial charge in [0.05, 0.1) is 22.1 Å². The van der Waals surface area contributed by atoms with Gasteiger partial charge in [-0.3, -0.25) is 14.5 Å². The fourth-order valence-electron chi connectivity index (χ4n) is 4.05. The number of thioether (sulfide) groups is 1. The van der Waals surface area contributed by atoms with Crippen LogP contribution in [-0.2, 0) is 21.5 Å². The van der Waals surface area contributed by atoms with Crippen molar-refractivity contribution in [3.63, 3.8) is 0 Å². The van der Waals surface area contributed by atoms with Gasteiger partial charge in [-0.1, -0.05) is 54.1 Å². The Morgan fingerprint density at radius 1 is 1.00 bits per heavy atom. The number of ether oxygens (including phenoxy) is 1. The van der Waals surface area contributed by atoms with Crippen LogP contribution in [0.2, 0.25) is 5.02 Å². The monoisotopic (exact) mass is 691 g/mol. The third kappa shape index (κ3) is 5.79. The summed E-state index contributed by atoms with van der Waals surface area (Å²) in [5.74, 6) is -0.243. The molecular weight excluding hydrogens is 673 g/mol. The first-order valence-electron chi connectivity index (χ1n) is 11.5. The van der Waals surface area contributed by atoms with Gasteiger partial charge in [0, 0.05) is 5.02 Å². The Labute approximate surface area is 248 Å². The highest BCUT2D eigenvalue weighted by molar-refractivity contribution is 14.1. The van der Waals surface area contributed by atoms with Gasteiger partial charge in [-0.2, -0.15) is 8.42 Å². The molecule has 0 atom stereocenters. The molecule has 1 fully saturated rings. The maximum absolute atomic E-state index is 13.2. The lowest BCUT2D eigenvalue weighted by Crippen LogP contribution is -2.27. The molecule has 0 radical (unpaired) electrons. The van der Waals surface area contributed by atoms with Crippen LogP contribution in [0.1, 0.15) is 11.1 Å². The lowest BCUT2D eigenvalue weighted by molar-refractivity contribution is -0.123.